The molecule has 148 valence electrons. The van der Waals surface area contributed by atoms with Crippen molar-refractivity contribution in [2.75, 3.05) is 24.6 Å². The van der Waals surface area contributed by atoms with Crippen LogP contribution in [0, 0.1) is 5.92 Å². The van der Waals surface area contributed by atoms with Crippen molar-refractivity contribution in [3.8, 4) is 0 Å². The molecule has 0 aliphatic heterocycles. The molecule has 1 atom stereocenters. The van der Waals surface area contributed by atoms with E-state index in [1.54, 1.807) is 0 Å². The van der Waals surface area contributed by atoms with Gasteiger partial charge in [-0.05, 0) is 42.5 Å². The van der Waals surface area contributed by atoms with Gasteiger partial charge in [0.25, 0.3) is 0 Å². The smallest absolute Gasteiger partial charge is 0.243 e. The second-order valence-electron chi connectivity index (χ2n) is 7.18. The molecule has 6 nitrogen and oxygen atoms in total. The largest absolute Gasteiger partial charge is 0.397 e. The van der Waals surface area contributed by atoms with E-state index in [1.165, 1.54) is 22.5 Å². The number of rotatable bonds is 9. The first-order valence-corrected chi connectivity index (χ1v) is 10.5. The maximum atomic E-state index is 13.1. The summed E-state index contributed by atoms with van der Waals surface area (Å²) in [7, 11) is -3.78. The summed E-state index contributed by atoms with van der Waals surface area (Å²) in [5, 5.41) is 10.5. The number of benzene rings is 2. The molecule has 2 aromatic rings. The van der Waals surface area contributed by atoms with Crippen molar-refractivity contribution in [3.05, 3.63) is 54.1 Å². The van der Waals surface area contributed by atoms with Gasteiger partial charge in [-0.2, -0.15) is 4.31 Å². The first kappa shape index (κ1) is 21.2. The van der Waals surface area contributed by atoms with Gasteiger partial charge < -0.3 is 16.6 Å². The van der Waals surface area contributed by atoms with Gasteiger partial charge in [0.2, 0.25) is 10.0 Å². The number of nitrogens with zero attached hydrogens (tertiary/aromatic N) is 1. The van der Waals surface area contributed by atoms with Crippen molar-refractivity contribution in [1.82, 2.24) is 4.31 Å². The van der Waals surface area contributed by atoms with Gasteiger partial charge in [-0.1, -0.05) is 44.2 Å². The van der Waals surface area contributed by atoms with Gasteiger partial charge in [0.05, 0.1) is 22.4 Å². The van der Waals surface area contributed by atoms with Gasteiger partial charge in [0.15, 0.2) is 0 Å². The van der Waals surface area contributed by atoms with Crippen LogP contribution in [0.5, 0.6) is 0 Å². The normalized spacial score (nSPS) is 13.2. The summed E-state index contributed by atoms with van der Waals surface area (Å²) >= 11 is 0. The maximum absolute atomic E-state index is 13.1. The fraction of sp³-hybridized carbons (Fsp3) is 0.400. The van der Waals surface area contributed by atoms with Crippen molar-refractivity contribution < 1.29 is 13.5 Å². The highest BCUT2D eigenvalue weighted by atomic mass is 32.2. The van der Waals surface area contributed by atoms with E-state index in [1.807, 2.05) is 44.2 Å². The number of hydrogen-bond donors (Lipinski definition) is 3. The zero-order valence-electron chi connectivity index (χ0n) is 15.9. The van der Waals surface area contributed by atoms with Crippen LogP contribution in [0.4, 0.5) is 11.4 Å². The molecule has 0 bridgehead atoms. The van der Waals surface area contributed by atoms with E-state index in [0.717, 1.165) is 5.56 Å². The Bertz CT molecular complexity index is 839. The van der Waals surface area contributed by atoms with Crippen LogP contribution in [0.2, 0.25) is 0 Å². The Morgan fingerprint density at radius 2 is 1.67 bits per heavy atom. The summed E-state index contributed by atoms with van der Waals surface area (Å²) in [4.78, 5) is 0.0881. The minimum Gasteiger partial charge on any atom is -0.397 e. The van der Waals surface area contributed by atoms with E-state index in [-0.39, 0.29) is 23.0 Å². The molecule has 0 radical (unpaired) electrons. The highest BCUT2D eigenvalue weighted by molar-refractivity contribution is 7.89. The van der Waals surface area contributed by atoms with E-state index in [0.29, 0.717) is 25.1 Å². The average molecular weight is 392 g/mol. The van der Waals surface area contributed by atoms with Gasteiger partial charge in [0.1, 0.15) is 0 Å². The first-order chi connectivity index (χ1) is 12.7. The summed E-state index contributed by atoms with van der Waals surface area (Å²) in [5.41, 5.74) is 13.1. The lowest BCUT2D eigenvalue weighted by Crippen LogP contribution is -2.40. The monoisotopic (exact) mass is 391 g/mol. The predicted octanol–water partition coefficient (Wildman–Crippen LogP) is 2.49. The minimum atomic E-state index is -3.78. The number of aliphatic hydroxyl groups is 1. The van der Waals surface area contributed by atoms with Crippen molar-refractivity contribution in [3.63, 3.8) is 0 Å². The van der Waals surface area contributed by atoms with Crippen LogP contribution >= 0.6 is 0 Å². The van der Waals surface area contributed by atoms with Crippen molar-refractivity contribution in [2.24, 2.45) is 5.92 Å². The highest BCUT2D eigenvalue weighted by Gasteiger charge is 2.27. The molecule has 27 heavy (non-hydrogen) atoms. The number of nitrogen functional groups attached to an aromatic ring is 2. The molecule has 0 spiro atoms. The summed E-state index contributed by atoms with van der Waals surface area (Å²) in [5.74, 6) is 0.118. The fourth-order valence-corrected chi connectivity index (χ4v) is 4.52. The van der Waals surface area contributed by atoms with Crippen LogP contribution in [-0.4, -0.2) is 37.0 Å². The lowest BCUT2D eigenvalue weighted by Gasteiger charge is -2.26. The van der Waals surface area contributed by atoms with E-state index in [4.69, 9.17) is 11.5 Å². The van der Waals surface area contributed by atoms with Crippen LogP contribution in [-0.2, 0) is 16.4 Å². The summed E-state index contributed by atoms with van der Waals surface area (Å²) in [6.07, 6.45) is 0.412. The van der Waals surface area contributed by atoms with Crippen LogP contribution in [0.3, 0.4) is 0 Å². The molecule has 0 aliphatic carbocycles. The van der Waals surface area contributed by atoms with Gasteiger partial charge in [-0.15, -0.1) is 0 Å². The van der Waals surface area contributed by atoms with E-state index in [2.05, 4.69) is 0 Å². The Kier molecular flexibility index (Phi) is 7.24. The molecule has 0 saturated carbocycles. The summed E-state index contributed by atoms with van der Waals surface area (Å²) in [6.45, 7) is 4.24. The molecule has 0 fully saturated rings. The van der Waals surface area contributed by atoms with Crippen molar-refractivity contribution in [1.29, 1.82) is 0 Å². The van der Waals surface area contributed by atoms with Crippen molar-refractivity contribution >= 4 is 21.4 Å². The molecule has 0 saturated heterocycles. The first-order valence-electron chi connectivity index (χ1n) is 9.07. The number of nitrogens with two attached hydrogens (primary N) is 2. The number of sulfonamides is 1. The van der Waals surface area contributed by atoms with E-state index >= 15 is 0 Å². The molecule has 2 aromatic carbocycles. The Hall–Kier alpha value is -2.09. The SMILES string of the molecule is CC(C)CN(CC(O)CCc1ccccc1)S(=O)(=O)c1ccc(N)c(N)c1. The quantitative estimate of drug-likeness (QED) is 0.569. The zero-order valence-corrected chi connectivity index (χ0v) is 16.7. The molecular weight excluding hydrogens is 362 g/mol. The summed E-state index contributed by atoms with van der Waals surface area (Å²) in [6, 6.07) is 14.1. The molecule has 2 rings (SSSR count). The second kappa shape index (κ2) is 9.21. The molecule has 5 N–H and O–H groups in total. The Balaban J connectivity index is 2.14. The average Bonchev–Trinajstić information content (AvgIpc) is 2.62. The Morgan fingerprint density at radius 3 is 2.26 bits per heavy atom. The maximum Gasteiger partial charge on any atom is 0.243 e. The molecule has 1 unspecified atom stereocenters. The van der Waals surface area contributed by atoms with Gasteiger partial charge in [0, 0.05) is 13.1 Å². The van der Waals surface area contributed by atoms with Crippen LogP contribution in [0.1, 0.15) is 25.8 Å². The van der Waals surface area contributed by atoms with Crippen LogP contribution < -0.4 is 11.5 Å². The fourth-order valence-electron chi connectivity index (χ4n) is 2.84. The molecule has 0 heterocycles. The van der Waals surface area contributed by atoms with Gasteiger partial charge >= 0.3 is 0 Å². The molecule has 0 amide bonds. The Labute approximate surface area is 161 Å². The van der Waals surface area contributed by atoms with Crippen molar-refractivity contribution in [2.45, 2.75) is 37.7 Å². The standard InChI is InChI=1S/C20H29N3O3S/c1-15(2)13-23(14-17(24)9-8-16-6-4-3-5-7-16)27(25,26)18-10-11-19(21)20(22)12-18/h3-7,10-12,15,17,24H,8-9,13-14,21-22H2,1-2H3. The second-order valence-corrected chi connectivity index (χ2v) is 9.12. The Morgan fingerprint density at radius 1 is 1.00 bits per heavy atom. The molecule has 0 aromatic heterocycles. The van der Waals surface area contributed by atoms with Crippen LogP contribution in [0.15, 0.2) is 53.4 Å². The molecular formula is C20H29N3O3S. The highest BCUT2D eigenvalue weighted by Crippen LogP contribution is 2.24. The van der Waals surface area contributed by atoms with E-state index in [9.17, 15) is 13.5 Å². The lowest BCUT2D eigenvalue weighted by atomic mass is 10.1. The van der Waals surface area contributed by atoms with E-state index < -0.39 is 16.1 Å². The number of aliphatic hydroxyl groups excluding tert-OH is 1. The predicted molar refractivity (Wildman–Crippen MR) is 110 cm³/mol. The number of anilines is 2. The third kappa shape index (κ3) is 5.95. The third-order valence-corrected chi connectivity index (χ3v) is 6.12. The molecule has 7 heteroatoms. The van der Waals surface area contributed by atoms with Gasteiger partial charge in [-0.25, -0.2) is 8.42 Å². The number of hydrogen-bond acceptors (Lipinski definition) is 5. The van der Waals surface area contributed by atoms with Gasteiger partial charge in [-0.3, -0.25) is 0 Å². The topological polar surface area (TPSA) is 110 Å². The number of aryl methyl sites for hydroxylation is 1. The summed E-state index contributed by atoms with van der Waals surface area (Å²) < 4.78 is 27.5. The minimum absolute atomic E-state index is 0.0393. The zero-order chi connectivity index (χ0) is 20.0. The molecule has 0 aliphatic rings. The third-order valence-electron chi connectivity index (χ3n) is 4.29. The van der Waals surface area contributed by atoms with Crippen LogP contribution in [0.25, 0.3) is 0 Å². The lowest BCUT2D eigenvalue weighted by molar-refractivity contribution is 0.133.